The summed E-state index contributed by atoms with van der Waals surface area (Å²) in [4.78, 5) is 16.2. The molecule has 0 saturated heterocycles. The summed E-state index contributed by atoms with van der Waals surface area (Å²) >= 11 is 0. The van der Waals surface area contributed by atoms with Crippen LogP contribution in [0.4, 0.5) is 5.82 Å². The van der Waals surface area contributed by atoms with E-state index in [9.17, 15) is 9.90 Å². The molecule has 0 aliphatic heterocycles. The van der Waals surface area contributed by atoms with E-state index in [4.69, 9.17) is 5.73 Å². The van der Waals surface area contributed by atoms with Crippen LogP contribution in [0.5, 0.6) is 5.75 Å². The first kappa shape index (κ1) is 13.6. The van der Waals surface area contributed by atoms with Crippen LogP contribution < -0.4 is 11.1 Å². The number of aromatic nitrogens is 1. The zero-order valence-corrected chi connectivity index (χ0v) is 10.6. The van der Waals surface area contributed by atoms with Gasteiger partial charge in [-0.15, -0.1) is 0 Å². The average molecular weight is 267 g/mol. The van der Waals surface area contributed by atoms with Gasteiger partial charge < -0.3 is 16.2 Å². The van der Waals surface area contributed by atoms with Gasteiger partial charge in [-0.1, -0.05) is 24.1 Å². The molecule has 0 saturated carbocycles. The van der Waals surface area contributed by atoms with Gasteiger partial charge in [0.2, 0.25) is 0 Å². The number of aromatic hydroxyl groups is 1. The standard InChI is InChI=1S/C15H13N3O2/c16-10-4-6-11-5-3-9-14(17-11)18-15(20)12-7-1-2-8-13(12)19/h1-3,5,7-9,19H,10,16H2,(H,17,18,20). The Balaban J connectivity index is 2.18. The second-order valence-electron chi connectivity index (χ2n) is 3.89. The number of anilines is 1. The van der Waals surface area contributed by atoms with Crippen molar-refractivity contribution in [1.29, 1.82) is 0 Å². The maximum absolute atomic E-state index is 12.0. The summed E-state index contributed by atoms with van der Waals surface area (Å²) in [7, 11) is 0. The minimum atomic E-state index is -0.431. The van der Waals surface area contributed by atoms with E-state index in [0.717, 1.165) is 0 Å². The number of benzene rings is 1. The molecule has 5 heteroatoms. The first-order valence-corrected chi connectivity index (χ1v) is 5.96. The number of nitrogens with two attached hydrogens (primary N) is 1. The highest BCUT2D eigenvalue weighted by atomic mass is 16.3. The molecule has 0 atom stereocenters. The number of hydrogen-bond donors (Lipinski definition) is 3. The summed E-state index contributed by atoms with van der Waals surface area (Å²) in [5.74, 6) is 5.32. The Hall–Kier alpha value is -2.84. The van der Waals surface area contributed by atoms with Gasteiger partial charge in [-0.05, 0) is 30.2 Å². The first-order chi connectivity index (χ1) is 9.70. The molecular weight excluding hydrogens is 254 g/mol. The predicted octanol–water partition coefficient (Wildman–Crippen LogP) is 1.35. The number of hydrogen-bond acceptors (Lipinski definition) is 4. The van der Waals surface area contributed by atoms with E-state index < -0.39 is 5.91 Å². The van der Waals surface area contributed by atoms with Gasteiger partial charge in [-0.3, -0.25) is 4.79 Å². The van der Waals surface area contributed by atoms with Gasteiger partial charge in [0, 0.05) is 0 Å². The molecule has 1 aromatic heterocycles. The molecule has 1 heterocycles. The lowest BCUT2D eigenvalue weighted by Crippen LogP contribution is -2.13. The fourth-order valence-electron chi connectivity index (χ4n) is 1.56. The van der Waals surface area contributed by atoms with Crippen LogP contribution in [0.2, 0.25) is 0 Å². The van der Waals surface area contributed by atoms with Crippen LogP contribution in [0, 0.1) is 11.8 Å². The quantitative estimate of drug-likeness (QED) is 0.717. The zero-order chi connectivity index (χ0) is 14.4. The molecule has 4 N–H and O–H groups in total. The number of pyridine rings is 1. The average Bonchev–Trinajstić information content (AvgIpc) is 2.46. The number of rotatable bonds is 2. The monoisotopic (exact) mass is 267 g/mol. The third kappa shape index (κ3) is 3.34. The van der Waals surface area contributed by atoms with Gasteiger partial charge in [-0.2, -0.15) is 0 Å². The Kier molecular flexibility index (Phi) is 4.32. The topological polar surface area (TPSA) is 88.2 Å². The van der Waals surface area contributed by atoms with E-state index in [1.165, 1.54) is 12.1 Å². The highest BCUT2D eigenvalue weighted by molar-refractivity contribution is 6.05. The number of para-hydroxylation sites is 1. The van der Waals surface area contributed by atoms with E-state index in [1.54, 1.807) is 30.3 Å². The predicted molar refractivity (Wildman–Crippen MR) is 76.2 cm³/mol. The number of nitrogens with zero attached hydrogens (tertiary/aromatic N) is 1. The smallest absolute Gasteiger partial charge is 0.260 e. The number of amides is 1. The van der Waals surface area contributed by atoms with Crippen LogP contribution in [0.25, 0.3) is 0 Å². The van der Waals surface area contributed by atoms with E-state index in [0.29, 0.717) is 11.5 Å². The van der Waals surface area contributed by atoms with Crippen LogP contribution in [-0.4, -0.2) is 22.5 Å². The minimum Gasteiger partial charge on any atom is -0.507 e. The summed E-state index contributed by atoms with van der Waals surface area (Å²) in [5.41, 5.74) is 6.00. The van der Waals surface area contributed by atoms with Crippen LogP contribution >= 0.6 is 0 Å². The van der Waals surface area contributed by atoms with E-state index in [-0.39, 0.29) is 17.9 Å². The highest BCUT2D eigenvalue weighted by Crippen LogP contribution is 2.17. The molecule has 0 aliphatic rings. The van der Waals surface area contributed by atoms with Crippen molar-refractivity contribution in [2.45, 2.75) is 0 Å². The molecule has 2 aromatic rings. The van der Waals surface area contributed by atoms with Crippen molar-refractivity contribution in [3.05, 3.63) is 53.7 Å². The van der Waals surface area contributed by atoms with Crippen LogP contribution in [-0.2, 0) is 0 Å². The van der Waals surface area contributed by atoms with Crippen LogP contribution in [0.3, 0.4) is 0 Å². The van der Waals surface area contributed by atoms with Crippen molar-refractivity contribution in [2.24, 2.45) is 5.73 Å². The number of carbonyl (C=O) groups is 1. The third-order valence-corrected chi connectivity index (χ3v) is 2.46. The lowest BCUT2D eigenvalue weighted by molar-refractivity contribution is 0.102. The Morgan fingerprint density at radius 1 is 1.25 bits per heavy atom. The molecule has 0 fully saturated rings. The Labute approximate surface area is 116 Å². The molecule has 0 spiro atoms. The number of nitrogens with one attached hydrogen (secondary N) is 1. The molecule has 1 aromatic carbocycles. The normalized spacial score (nSPS) is 9.45. The van der Waals surface area contributed by atoms with E-state index >= 15 is 0 Å². The Bertz CT molecular complexity index is 687. The SMILES string of the molecule is NCC#Cc1cccc(NC(=O)c2ccccc2O)n1. The zero-order valence-electron chi connectivity index (χ0n) is 10.6. The number of phenols is 1. The lowest BCUT2D eigenvalue weighted by atomic mass is 10.2. The molecule has 0 unspecified atom stereocenters. The summed E-state index contributed by atoms with van der Waals surface area (Å²) in [6.45, 7) is 0.246. The molecule has 0 radical (unpaired) electrons. The summed E-state index contributed by atoms with van der Waals surface area (Å²) in [6, 6.07) is 11.4. The van der Waals surface area contributed by atoms with Crippen LogP contribution in [0.15, 0.2) is 42.5 Å². The molecule has 2 rings (SSSR count). The fraction of sp³-hybridized carbons (Fsp3) is 0.0667. The summed E-state index contributed by atoms with van der Waals surface area (Å²) in [6.07, 6.45) is 0. The molecule has 100 valence electrons. The van der Waals surface area contributed by atoms with Gasteiger partial charge in [0.15, 0.2) is 0 Å². The van der Waals surface area contributed by atoms with Crippen molar-refractivity contribution < 1.29 is 9.90 Å². The summed E-state index contributed by atoms with van der Waals surface area (Å²) in [5, 5.41) is 12.2. The van der Waals surface area contributed by atoms with Crippen molar-refractivity contribution in [2.75, 3.05) is 11.9 Å². The van der Waals surface area contributed by atoms with Crippen molar-refractivity contribution in [3.63, 3.8) is 0 Å². The highest BCUT2D eigenvalue weighted by Gasteiger charge is 2.10. The van der Waals surface area contributed by atoms with Gasteiger partial charge in [0.1, 0.15) is 17.3 Å². The molecule has 5 nitrogen and oxygen atoms in total. The molecule has 20 heavy (non-hydrogen) atoms. The minimum absolute atomic E-state index is 0.0796. The van der Waals surface area contributed by atoms with Crippen molar-refractivity contribution in [3.8, 4) is 17.6 Å². The van der Waals surface area contributed by atoms with Crippen molar-refractivity contribution in [1.82, 2.24) is 4.98 Å². The van der Waals surface area contributed by atoms with Gasteiger partial charge in [0.05, 0.1) is 12.1 Å². The number of carbonyl (C=O) groups excluding carboxylic acids is 1. The maximum atomic E-state index is 12.0. The van der Waals surface area contributed by atoms with Gasteiger partial charge in [-0.25, -0.2) is 4.98 Å². The third-order valence-electron chi connectivity index (χ3n) is 2.46. The molecule has 1 amide bonds. The second-order valence-corrected chi connectivity index (χ2v) is 3.89. The van der Waals surface area contributed by atoms with Gasteiger partial charge >= 0.3 is 0 Å². The second kappa shape index (κ2) is 6.36. The first-order valence-electron chi connectivity index (χ1n) is 5.96. The Morgan fingerprint density at radius 2 is 2.05 bits per heavy atom. The lowest BCUT2D eigenvalue weighted by Gasteiger charge is -2.06. The van der Waals surface area contributed by atoms with E-state index in [1.807, 2.05) is 0 Å². The van der Waals surface area contributed by atoms with Gasteiger partial charge in [0.25, 0.3) is 5.91 Å². The molecule has 0 bridgehead atoms. The molecule has 0 aliphatic carbocycles. The Morgan fingerprint density at radius 3 is 2.80 bits per heavy atom. The van der Waals surface area contributed by atoms with E-state index in [2.05, 4.69) is 22.1 Å². The fourth-order valence-corrected chi connectivity index (χ4v) is 1.56. The molecular formula is C15H13N3O2. The van der Waals surface area contributed by atoms with Crippen LogP contribution in [0.1, 0.15) is 16.1 Å². The van der Waals surface area contributed by atoms with Crippen molar-refractivity contribution >= 4 is 11.7 Å². The number of phenolic OH excluding ortho intramolecular Hbond substituents is 1. The largest absolute Gasteiger partial charge is 0.507 e. The summed E-state index contributed by atoms with van der Waals surface area (Å²) < 4.78 is 0. The maximum Gasteiger partial charge on any atom is 0.260 e.